The number of carbonyl (C=O) groups excluding carboxylic acids is 3. The van der Waals surface area contributed by atoms with Crippen LogP contribution in [0.15, 0.2) is 24.3 Å². The number of benzene rings is 1. The van der Waals surface area contributed by atoms with Crippen LogP contribution < -0.4 is 5.32 Å². The van der Waals surface area contributed by atoms with E-state index < -0.39 is 29.4 Å². The van der Waals surface area contributed by atoms with Gasteiger partial charge in [0, 0.05) is 19.0 Å². The summed E-state index contributed by atoms with van der Waals surface area (Å²) >= 11 is 0. The molecular formula is C18H22FN2O4+. The lowest BCUT2D eigenvalue weighted by Crippen LogP contribution is -2.98. The number of esters is 1. The average Bonchev–Trinajstić information content (AvgIpc) is 3.06. The number of nitrogens with zero attached hydrogens (tertiary/aromatic N) is 1. The van der Waals surface area contributed by atoms with Crippen molar-refractivity contribution in [1.29, 1.82) is 0 Å². The molecule has 6 nitrogen and oxygen atoms in total. The van der Waals surface area contributed by atoms with Gasteiger partial charge in [-0.15, -0.1) is 0 Å². The third kappa shape index (κ3) is 2.45. The summed E-state index contributed by atoms with van der Waals surface area (Å²) < 4.78 is 18.3. The van der Waals surface area contributed by atoms with Gasteiger partial charge < -0.3 is 10.1 Å². The minimum absolute atomic E-state index is 0.303. The zero-order valence-corrected chi connectivity index (χ0v) is 14.5. The number of amides is 2. The average molecular weight is 349 g/mol. The molecule has 3 rings (SSSR count). The molecule has 0 bridgehead atoms. The largest absolute Gasteiger partial charge is 0.464 e. The molecule has 134 valence electrons. The molecule has 2 fully saturated rings. The van der Waals surface area contributed by atoms with E-state index in [-0.39, 0.29) is 17.6 Å². The molecule has 25 heavy (non-hydrogen) atoms. The number of hydrogen-bond acceptors (Lipinski definition) is 4. The zero-order chi connectivity index (χ0) is 18.4. The van der Waals surface area contributed by atoms with E-state index in [1.54, 1.807) is 17.4 Å². The Morgan fingerprint density at radius 1 is 1.28 bits per heavy atom. The van der Waals surface area contributed by atoms with Crippen molar-refractivity contribution in [2.24, 2.45) is 11.8 Å². The summed E-state index contributed by atoms with van der Waals surface area (Å²) in [5.74, 6) is -2.96. The second-order valence-electron chi connectivity index (χ2n) is 6.76. The fourth-order valence-electron chi connectivity index (χ4n) is 4.39. The SMILES string of the molecule is CCC[C@@]1(C(=O)OC)[NH2+][C@@H](c2ccc(F)cc2)[C@H]2C(=O)N(C)C(=O)[C@H]21. The van der Waals surface area contributed by atoms with Gasteiger partial charge in [-0.25, -0.2) is 9.18 Å². The van der Waals surface area contributed by atoms with Crippen molar-refractivity contribution in [3.8, 4) is 0 Å². The molecule has 0 radical (unpaired) electrons. The molecule has 2 saturated heterocycles. The maximum Gasteiger partial charge on any atom is 0.368 e. The van der Waals surface area contributed by atoms with Gasteiger partial charge in [0.2, 0.25) is 17.4 Å². The molecule has 2 amide bonds. The lowest BCUT2D eigenvalue weighted by Gasteiger charge is -2.28. The van der Waals surface area contributed by atoms with Crippen LogP contribution >= 0.6 is 0 Å². The van der Waals surface area contributed by atoms with Crippen LogP contribution in [0.4, 0.5) is 4.39 Å². The summed E-state index contributed by atoms with van der Waals surface area (Å²) in [6, 6.07) is 5.41. The second kappa shape index (κ2) is 6.22. The van der Waals surface area contributed by atoms with Crippen LogP contribution in [-0.4, -0.2) is 42.4 Å². The van der Waals surface area contributed by atoms with Crippen molar-refractivity contribution in [2.75, 3.05) is 14.2 Å². The summed E-state index contributed by atoms with van der Waals surface area (Å²) in [5, 5.41) is 1.79. The Morgan fingerprint density at radius 3 is 2.48 bits per heavy atom. The molecular weight excluding hydrogens is 327 g/mol. The Hall–Kier alpha value is -2.28. The fraction of sp³-hybridized carbons (Fsp3) is 0.500. The summed E-state index contributed by atoms with van der Waals surface area (Å²) in [6.45, 7) is 1.92. The zero-order valence-electron chi connectivity index (χ0n) is 14.5. The summed E-state index contributed by atoms with van der Waals surface area (Å²) in [4.78, 5) is 39.2. The van der Waals surface area contributed by atoms with E-state index in [2.05, 4.69) is 0 Å². The molecule has 4 atom stereocenters. The first kappa shape index (κ1) is 17.5. The number of rotatable bonds is 4. The number of fused-ring (bicyclic) bond motifs is 1. The second-order valence-corrected chi connectivity index (χ2v) is 6.76. The van der Waals surface area contributed by atoms with Crippen LogP contribution in [0.5, 0.6) is 0 Å². The summed E-state index contributed by atoms with van der Waals surface area (Å²) in [7, 11) is 2.73. The van der Waals surface area contributed by atoms with Gasteiger partial charge in [0.15, 0.2) is 0 Å². The van der Waals surface area contributed by atoms with Crippen molar-refractivity contribution in [2.45, 2.75) is 31.3 Å². The van der Waals surface area contributed by atoms with Gasteiger partial charge in [-0.3, -0.25) is 14.5 Å². The van der Waals surface area contributed by atoms with Crippen molar-refractivity contribution in [1.82, 2.24) is 4.90 Å². The van der Waals surface area contributed by atoms with Crippen molar-refractivity contribution in [3.63, 3.8) is 0 Å². The number of imide groups is 1. The number of ether oxygens (including phenoxy) is 1. The number of hydrogen-bond donors (Lipinski definition) is 1. The fourth-order valence-corrected chi connectivity index (χ4v) is 4.39. The van der Waals surface area contributed by atoms with E-state index in [1.165, 1.54) is 26.3 Å². The normalized spacial score (nSPS) is 31.4. The van der Waals surface area contributed by atoms with Crippen molar-refractivity contribution < 1.29 is 28.8 Å². The highest BCUT2D eigenvalue weighted by molar-refractivity contribution is 6.08. The molecule has 0 saturated carbocycles. The Morgan fingerprint density at radius 2 is 1.92 bits per heavy atom. The molecule has 0 unspecified atom stereocenters. The molecule has 2 heterocycles. The number of carbonyl (C=O) groups is 3. The molecule has 1 aromatic rings. The van der Waals surface area contributed by atoms with E-state index in [0.717, 1.165) is 10.5 Å². The standard InChI is InChI=1S/C18H21FN2O4/c1-4-9-18(17(24)25-3)13-12(15(22)21(2)16(13)23)14(20-18)10-5-7-11(19)8-6-10/h5-8,12-14,20H,4,9H2,1-3H3/p+1/t12-,13-,14-,18+/m0/s1. The Labute approximate surface area is 145 Å². The third-order valence-electron chi connectivity index (χ3n) is 5.47. The number of likely N-dealkylation sites (tertiary alicyclic amines) is 1. The molecule has 2 N–H and O–H groups in total. The highest BCUT2D eigenvalue weighted by atomic mass is 19.1. The van der Waals surface area contributed by atoms with Crippen LogP contribution in [0.25, 0.3) is 0 Å². The molecule has 2 aliphatic rings. The van der Waals surface area contributed by atoms with Gasteiger partial charge in [0.25, 0.3) is 0 Å². The molecule has 0 aromatic heterocycles. The van der Waals surface area contributed by atoms with E-state index in [0.29, 0.717) is 12.8 Å². The third-order valence-corrected chi connectivity index (χ3v) is 5.47. The van der Waals surface area contributed by atoms with Gasteiger partial charge in [-0.2, -0.15) is 0 Å². The van der Waals surface area contributed by atoms with Gasteiger partial charge in [-0.1, -0.05) is 19.1 Å². The van der Waals surface area contributed by atoms with Gasteiger partial charge in [0.05, 0.1) is 7.11 Å². The van der Waals surface area contributed by atoms with Crippen LogP contribution in [0, 0.1) is 17.7 Å². The minimum Gasteiger partial charge on any atom is -0.464 e. The molecule has 1 aromatic carbocycles. The van der Waals surface area contributed by atoms with E-state index in [9.17, 15) is 18.8 Å². The van der Waals surface area contributed by atoms with Crippen LogP contribution in [0.1, 0.15) is 31.4 Å². The predicted molar refractivity (Wildman–Crippen MR) is 85.5 cm³/mol. The predicted octanol–water partition coefficient (Wildman–Crippen LogP) is 0.387. The molecule has 0 aliphatic carbocycles. The van der Waals surface area contributed by atoms with Crippen molar-refractivity contribution >= 4 is 17.8 Å². The van der Waals surface area contributed by atoms with Gasteiger partial charge >= 0.3 is 5.97 Å². The highest BCUT2D eigenvalue weighted by Crippen LogP contribution is 2.45. The quantitative estimate of drug-likeness (QED) is 0.630. The number of halogens is 1. The lowest BCUT2D eigenvalue weighted by atomic mass is 9.77. The maximum atomic E-state index is 13.3. The number of nitrogens with two attached hydrogens (primary N) is 1. The topological polar surface area (TPSA) is 80.3 Å². The maximum absolute atomic E-state index is 13.3. The van der Waals surface area contributed by atoms with E-state index >= 15 is 0 Å². The van der Waals surface area contributed by atoms with Gasteiger partial charge in [-0.05, 0) is 18.6 Å². The molecule has 7 heteroatoms. The first-order chi connectivity index (χ1) is 11.9. The first-order valence-electron chi connectivity index (χ1n) is 8.38. The van der Waals surface area contributed by atoms with Gasteiger partial charge in [0.1, 0.15) is 23.7 Å². The number of methoxy groups -OCH3 is 1. The summed E-state index contributed by atoms with van der Waals surface area (Å²) in [6.07, 6.45) is 1.08. The van der Waals surface area contributed by atoms with Crippen molar-refractivity contribution in [3.05, 3.63) is 35.6 Å². The molecule has 2 aliphatic heterocycles. The highest BCUT2D eigenvalue weighted by Gasteiger charge is 2.71. The van der Waals surface area contributed by atoms with Crippen LogP contribution in [-0.2, 0) is 19.1 Å². The Bertz CT molecular complexity index is 720. The first-order valence-corrected chi connectivity index (χ1v) is 8.38. The molecule has 0 spiro atoms. The van der Waals surface area contributed by atoms with E-state index in [1.807, 2.05) is 6.92 Å². The van der Waals surface area contributed by atoms with E-state index in [4.69, 9.17) is 4.74 Å². The van der Waals surface area contributed by atoms with Crippen LogP contribution in [0.2, 0.25) is 0 Å². The minimum atomic E-state index is -1.13. The smallest absolute Gasteiger partial charge is 0.368 e. The Kier molecular flexibility index (Phi) is 4.36. The number of quaternary nitrogens is 1. The monoisotopic (exact) mass is 349 g/mol. The van der Waals surface area contributed by atoms with Crippen LogP contribution in [0.3, 0.4) is 0 Å². The summed E-state index contributed by atoms with van der Waals surface area (Å²) in [5.41, 5.74) is -0.417. The Balaban J connectivity index is 2.13. The lowest BCUT2D eigenvalue weighted by molar-refractivity contribution is -0.735.